The molecular formula is C24H26FN3O2. The van der Waals surface area contributed by atoms with Crippen molar-refractivity contribution in [3.8, 4) is 0 Å². The van der Waals surface area contributed by atoms with Crippen LogP contribution in [-0.2, 0) is 11.3 Å². The largest absolute Gasteiger partial charge is 0.369 e. The molecule has 0 atom stereocenters. The number of aromatic nitrogens is 1. The lowest BCUT2D eigenvalue weighted by atomic mass is 9.95. The third-order valence-electron chi connectivity index (χ3n) is 6.32. The Morgan fingerprint density at radius 2 is 1.73 bits per heavy atom. The Morgan fingerprint density at radius 3 is 2.37 bits per heavy atom. The first-order chi connectivity index (χ1) is 14.3. The zero-order valence-electron chi connectivity index (χ0n) is 17.3. The molecule has 4 rings (SSSR count). The maximum atomic E-state index is 13.2. The van der Waals surface area contributed by atoms with E-state index in [-0.39, 0.29) is 23.5 Å². The van der Waals surface area contributed by atoms with E-state index in [9.17, 15) is 14.0 Å². The fourth-order valence-electron chi connectivity index (χ4n) is 4.31. The highest BCUT2D eigenvalue weighted by atomic mass is 19.1. The van der Waals surface area contributed by atoms with E-state index in [1.54, 1.807) is 17.0 Å². The second-order valence-corrected chi connectivity index (χ2v) is 8.12. The molecule has 0 aliphatic carbocycles. The maximum absolute atomic E-state index is 13.2. The zero-order valence-corrected chi connectivity index (χ0v) is 17.3. The summed E-state index contributed by atoms with van der Waals surface area (Å²) < 4.78 is 15.4. The molecule has 1 aromatic heterocycles. The number of fused-ring (bicyclic) bond motifs is 1. The van der Waals surface area contributed by atoms with Crippen LogP contribution in [0.25, 0.3) is 10.9 Å². The SMILES string of the molecule is Cc1c(C)n(Cc2ccc(F)cc2)c2ccc(C(=O)N3CCC(C(N)=O)CC3)cc12. The summed E-state index contributed by atoms with van der Waals surface area (Å²) in [5, 5.41) is 1.05. The van der Waals surface area contributed by atoms with E-state index in [1.807, 2.05) is 18.2 Å². The molecule has 0 radical (unpaired) electrons. The van der Waals surface area contributed by atoms with Crippen LogP contribution in [0.2, 0.25) is 0 Å². The van der Waals surface area contributed by atoms with Gasteiger partial charge in [0.2, 0.25) is 5.91 Å². The number of likely N-dealkylation sites (tertiary alicyclic amines) is 1. The molecule has 0 spiro atoms. The maximum Gasteiger partial charge on any atom is 0.253 e. The van der Waals surface area contributed by atoms with Gasteiger partial charge in [-0.25, -0.2) is 4.39 Å². The summed E-state index contributed by atoms with van der Waals surface area (Å²) in [6.07, 6.45) is 1.24. The van der Waals surface area contributed by atoms with E-state index in [1.165, 1.54) is 12.1 Å². The first-order valence-electron chi connectivity index (χ1n) is 10.3. The van der Waals surface area contributed by atoms with Crippen LogP contribution < -0.4 is 5.73 Å². The molecule has 0 bridgehead atoms. The van der Waals surface area contributed by atoms with Gasteiger partial charge in [-0.1, -0.05) is 12.1 Å². The molecule has 2 aromatic carbocycles. The van der Waals surface area contributed by atoms with Gasteiger partial charge in [-0.2, -0.15) is 0 Å². The molecule has 30 heavy (non-hydrogen) atoms. The highest BCUT2D eigenvalue weighted by Gasteiger charge is 2.27. The predicted octanol–water partition coefficient (Wildman–Crippen LogP) is 3.78. The molecule has 156 valence electrons. The number of carbonyl (C=O) groups is 2. The number of nitrogens with zero attached hydrogens (tertiary/aromatic N) is 2. The summed E-state index contributed by atoms with van der Waals surface area (Å²) in [6.45, 7) is 5.87. The van der Waals surface area contributed by atoms with Crippen LogP contribution >= 0.6 is 0 Å². The number of primary amides is 1. The number of carbonyl (C=O) groups excluding carboxylic acids is 2. The van der Waals surface area contributed by atoms with Gasteiger partial charge in [0.15, 0.2) is 0 Å². The van der Waals surface area contributed by atoms with E-state index < -0.39 is 0 Å². The van der Waals surface area contributed by atoms with Gasteiger partial charge in [-0.05, 0) is 68.1 Å². The number of amides is 2. The lowest BCUT2D eigenvalue weighted by Crippen LogP contribution is -2.41. The highest BCUT2D eigenvalue weighted by Crippen LogP contribution is 2.28. The standard InChI is InChI=1S/C24H26FN3O2/c1-15-16(2)28(14-17-3-6-20(25)7-4-17)22-8-5-19(13-21(15)22)24(30)27-11-9-18(10-12-27)23(26)29/h3-8,13,18H,9-12,14H2,1-2H3,(H2,26,29). The topological polar surface area (TPSA) is 68.3 Å². The molecule has 1 fully saturated rings. The van der Waals surface area contributed by atoms with Crippen molar-refractivity contribution in [2.45, 2.75) is 33.2 Å². The van der Waals surface area contributed by atoms with Crippen LogP contribution in [0.1, 0.15) is 40.0 Å². The quantitative estimate of drug-likeness (QED) is 0.715. The van der Waals surface area contributed by atoms with E-state index in [2.05, 4.69) is 18.4 Å². The Bertz CT molecular complexity index is 1110. The van der Waals surface area contributed by atoms with Crippen molar-refractivity contribution >= 4 is 22.7 Å². The predicted molar refractivity (Wildman–Crippen MR) is 115 cm³/mol. The molecule has 1 aliphatic heterocycles. The third kappa shape index (κ3) is 3.70. The van der Waals surface area contributed by atoms with Crippen molar-refractivity contribution in [1.29, 1.82) is 0 Å². The van der Waals surface area contributed by atoms with Crippen LogP contribution in [0.4, 0.5) is 4.39 Å². The van der Waals surface area contributed by atoms with Gasteiger partial charge in [0.25, 0.3) is 5.91 Å². The van der Waals surface area contributed by atoms with Crippen molar-refractivity contribution in [1.82, 2.24) is 9.47 Å². The van der Waals surface area contributed by atoms with E-state index in [0.717, 1.165) is 27.7 Å². The van der Waals surface area contributed by atoms with Crippen LogP contribution in [0.3, 0.4) is 0 Å². The molecule has 6 heteroatoms. The number of piperidine rings is 1. The minimum atomic E-state index is -0.280. The molecule has 2 N–H and O–H groups in total. The Morgan fingerprint density at radius 1 is 1.07 bits per heavy atom. The number of aryl methyl sites for hydroxylation is 1. The average molecular weight is 407 g/mol. The van der Waals surface area contributed by atoms with Crippen LogP contribution in [0.15, 0.2) is 42.5 Å². The summed E-state index contributed by atoms with van der Waals surface area (Å²) in [4.78, 5) is 26.2. The Balaban J connectivity index is 1.60. The number of halogens is 1. The number of rotatable bonds is 4. The smallest absolute Gasteiger partial charge is 0.253 e. The normalized spacial score (nSPS) is 15.0. The lowest BCUT2D eigenvalue weighted by Gasteiger charge is -2.30. The monoisotopic (exact) mass is 407 g/mol. The molecule has 1 saturated heterocycles. The number of hydrogen-bond acceptors (Lipinski definition) is 2. The summed E-state index contributed by atoms with van der Waals surface area (Å²) in [5.41, 5.74) is 10.4. The van der Waals surface area contributed by atoms with Gasteiger partial charge in [-0.15, -0.1) is 0 Å². The highest BCUT2D eigenvalue weighted by molar-refractivity contribution is 5.99. The zero-order chi connectivity index (χ0) is 21.4. The summed E-state index contributed by atoms with van der Waals surface area (Å²) in [6, 6.07) is 12.4. The van der Waals surface area contributed by atoms with Crippen molar-refractivity contribution < 1.29 is 14.0 Å². The Labute approximate surface area is 175 Å². The van der Waals surface area contributed by atoms with Gasteiger partial charge in [0, 0.05) is 47.7 Å². The summed E-state index contributed by atoms with van der Waals surface area (Å²) in [7, 11) is 0. The summed E-state index contributed by atoms with van der Waals surface area (Å²) in [5.74, 6) is -0.672. The fourth-order valence-corrected chi connectivity index (χ4v) is 4.31. The third-order valence-corrected chi connectivity index (χ3v) is 6.32. The molecule has 1 aliphatic rings. The molecule has 0 unspecified atom stereocenters. The Kier molecular flexibility index (Phi) is 5.33. The average Bonchev–Trinajstić information content (AvgIpc) is 2.99. The second-order valence-electron chi connectivity index (χ2n) is 8.12. The number of benzene rings is 2. The van der Waals surface area contributed by atoms with E-state index in [0.29, 0.717) is 38.0 Å². The van der Waals surface area contributed by atoms with Crippen molar-refractivity contribution in [3.63, 3.8) is 0 Å². The van der Waals surface area contributed by atoms with Crippen LogP contribution in [0.5, 0.6) is 0 Å². The molecule has 3 aromatic rings. The first-order valence-corrected chi connectivity index (χ1v) is 10.3. The van der Waals surface area contributed by atoms with E-state index >= 15 is 0 Å². The van der Waals surface area contributed by atoms with Gasteiger partial charge in [0.1, 0.15) is 5.82 Å². The van der Waals surface area contributed by atoms with Gasteiger partial charge < -0.3 is 15.2 Å². The van der Waals surface area contributed by atoms with Crippen LogP contribution in [0, 0.1) is 25.6 Å². The molecule has 0 saturated carbocycles. The molecular weight excluding hydrogens is 381 g/mol. The van der Waals surface area contributed by atoms with E-state index in [4.69, 9.17) is 5.73 Å². The van der Waals surface area contributed by atoms with Crippen molar-refractivity contribution in [3.05, 3.63) is 70.7 Å². The Hall–Kier alpha value is -3.15. The molecule has 2 heterocycles. The van der Waals surface area contributed by atoms with Gasteiger partial charge in [-0.3, -0.25) is 9.59 Å². The summed E-state index contributed by atoms with van der Waals surface area (Å²) >= 11 is 0. The van der Waals surface area contributed by atoms with Gasteiger partial charge >= 0.3 is 0 Å². The molecule has 5 nitrogen and oxygen atoms in total. The van der Waals surface area contributed by atoms with Crippen molar-refractivity contribution in [2.24, 2.45) is 11.7 Å². The number of hydrogen-bond donors (Lipinski definition) is 1. The number of nitrogens with two attached hydrogens (primary N) is 1. The molecule has 2 amide bonds. The lowest BCUT2D eigenvalue weighted by molar-refractivity contribution is -0.123. The first kappa shape index (κ1) is 20.1. The van der Waals surface area contributed by atoms with Crippen molar-refractivity contribution in [2.75, 3.05) is 13.1 Å². The minimum Gasteiger partial charge on any atom is -0.369 e. The fraction of sp³-hybridized carbons (Fsp3) is 0.333. The van der Waals surface area contributed by atoms with Crippen LogP contribution in [-0.4, -0.2) is 34.4 Å². The van der Waals surface area contributed by atoms with Gasteiger partial charge in [0.05, 0.1) is 0 Å². The minimum absolute atomic E-state index is 0.0110. The second kappa shape index (κ2) is 7.94.